The van der Waals surface area contributed by atoms with Crippen LogP contribution in [0.4, 0.5) is 85.1 Å². The van der Waals surface area contributed by atoms with Crippen LogP contribution in [0.5, 0.6) is 11.5 Å². The molecule has 0 heterocycles. The van der Waals surface area contributed by atoms with Gasteiger partial charge in [0.1, 0.15) is 24.2 Å². The number of nitrogens with one attached hydrogen (secondary N) is 2. The first-order valence-electron chi connectivity index (χ1n) is 20.3. The minimum absolute atomic E-state index is 0.101. The van der Waals surface area contributed by atoms with Crippen molar-refractivity contribution in [1.29, 1.82) is 0 Å². The van der Waals surface area contributed by atoms with Crippen molar-refractivity contribution in [2.45, 2.75) is 126 Å². The van der Waals surface area contributed by atoms with Crippen molar-refractivity contribution < 1.29 is 108 Å². The van der Waals surface area contributed by atoms with Gasteiger partial charge >= 0.3 is 53.7 Å². The molecule has 392 valence electrons. The molecule has 0 spiro atoms. The second-order valence-corrected chi connectivity index (χ2v) is 21.4. The normalized spacial score (nSPS) is 15.2. The highest BCUT2D eigenvalue weighted by molar-refractivity contribution is 6.76. The Balaban J connectivity index is 2.35. The minimum atomic E-state index is -8.71. The molecule has 2 atom stereocenters. The van der Waals surface area contributed by atoms with Crippen LogP contribution in [0, 0.1) is 5.92 Å². The summed E-state index contributed by atoms with van der Waals surface area (Å²) < 4.78 is 259. The number of alkyl halides is 17. The molecule has 2 aromatic rings. The van der Waals surface area contributed by atoms with Gasteiger partial charge < -0.3 is 18.6 Å². The molecule has 0 unspecified atom stereocenters. The average Bonchev–Trinajstić information content (AvgIpc) is 3.24. The molecule has 2 amide bonds. The molecule has 0 radical (unpaired) electrons. The van der Waals surface area contributed by atoms with E-state index < -0.39 is 117 Å². The standard InChI is InChI=1S/C42H49F17N2O7Si/c1-23(2)69(24(3)4,20-17-35(43,44)36(45,46)37(47,48)38(49,50)39(51,52)40(53,54)41(55,56)42(57,58)59)67-19-18-66-31-13-9-28(10-14-31)33(27(7)26(6)21-25(5)22-32(62)61-64)68-34(63)60-29-11-15-30(65-8)16-12-29/h9-16,21-24,27,33,64H,17-20H2,1-8H3,(H,60,63)(H,61,62)/b25-22+,26-21+/t27-,33+/m1/s1. The van der Waals surface area contributed by atoms with Crippen LogP contribution < -0.4 is 20.3 Å². The number of hydroxylamine groups is 1. The summed E-state index contributed by atoms with van der Waals surface area (Å²) in [6.07, 6.45) is -9.64. The first-order valence-corrected chi connectivity index (χ1v) is 22.5. The lowest BCUT2D eigenvalue weighted by molar-refractivity contribution is -0.461. The lowest BCUT2D eigenvalue weighted by Crippen LogP contribution is -2.74. The number of benzene rings is 2. The van der Waals surface area contributed by atoms with Gasteiger partial charge in [0, 0.05) is 24.1 Å². The van der Waals surface area contributed by atoms with Gasteiger partial charge in [-0.05, 0) is 78.5 Å². The largest absolute Gasteiger partial charge is 0.497 e. The fourth-order valence-electron chi connectivity index (χ4n) is 6.91. The third-order valence-corrected chi connectivity index (χ3v) is 16.9. The van der Waals surface area contributed by atoms with Crippen LogP contribution in [-0.4, -0.2) is 93.5 Å². The molecule has 2 rings (SSSR count). The number of rotatable bonds is 24. The second-order valence-electron chi connectivity index (χ2n) is 16.4. The molecule has 9 nitrogen and oxygen atoms in total. The van der Waals surface area contributed by atoms with Crippen molar-refractivity contribution in [2.75, 3.05) is 25.6 Å². The molecular formula is C42H49F17N2O7Si. The predicted molar refractivity (Wildman–Crippen MR) is 216 cm³/mol. The molecule has 2 aromatic carbocycles. The van der Waals surface area contributed by atoms with E-state index in [-0.39, 0.29) is 5.75 Å². The molecular weight excluding hydrogens is 996 g/mol. The minimum Gasteiger partial charge on any atom is -0.497 e. The van der Waals surface area contributed by atoms with E-state index in [1.807, 2.05) is 0 Å². The molecule has 0 saturated heterocycles. The Labute approximate surface area is 385 Å². The quantitative estimate of drug-likeness (QED) is 0.0182. The van der Waals surface area contributed by atoms with Crippen LogP contribution in [0.3, 0.4) is 0 Å². The van der Waals surface area contributed by atoms with E-state index in [0.717, 1.165) is 6.08 Å². The van der Waals surface area contributed by atoms with Crippen molar-refractivity contribution in [3.63, 3.8) is 0 Å². The van der Waals surface area contributed by atoms with E-state index in [9.17, 15) is 75.4 Å². The van der Waals surface area contributed by atoms with Gasteiger partial charge in [0.05, 0.1) is 13.7 Å². The second kappa shape index (κ2) is 22.1. The van der Waals surface area contributed by atoms with Gasteiger partial charge in [0.2, 0.25) is 0 Å². The van der Waals surface area contributed by atoms with Gasteiger partial charge in [-0.25, -0.2) is 10.3 Å². The summed E-state index contributed by atoms with van der Waals surface area (Å²) >= 11 is 0. The number of carbonyl (C=O) groups excluding carboxylic acids is 2. The molecule has 0 fully saturated rings. The van der Waals surface area contributed by atoms with E-state index in [0.29, 0.717) is 28.1 Å². The maximum absolute atomic E-state index is 15.0. The number of methoxy groups -OCH3 is 1. The monoisotopic (exact) mass is 1040 g/mol. The van der Waals surface area contributed by atoms with Gasteiger partial charge in [-0.1, -0.05) is 58.4 Å². The molecule has 0 saturated carbocycles. The Hall–Kier alpha value is -4.79. The number of hydrogen-bond acceptors (Lipinski definition) is 7. The molecule has 0 aliphatic carbocycles. The summed E-state index contributed by atoms with van der Waals surface area (Å²) in [4.78, 5) is 24.7. The number of halogens is 17. The van der Waals surface area contributed by atoms with Crippen LogP contribution in [0.1, 0.15) is 66.6 Å². The Morgan fingerprint density at radius 3 is 1.57 bits per heavy atom. The zero-order valence-electron chi connectivity index (χ0n) is 37.7. The van der Waals surface area contributed by atoms with E-state index in [2.05, 4.69) is 5.32 Å². The van der Waals surface area contributed by atoms with Crippen LogP contribution >= 0.6 is 0 Å². The summed E-state index contributed by atoms with van der Waals surface area (Å²) in [5, 5.41) is 11.4. The zero-order valence-corrected chi connectivity index (χ0v) is 38.7. The van der Waals surface area contributed by atoms with Crippen LogP contribution in [0.2, 0.25) is 17.1 Å². The summed E-state index contributed by atoms with van der Waals surface area (Å²) in [7, 11) is -2.60. The van der Waals surface area contributed by atoms with Gasteiger partial charge in [-0.2, -0.15) is 74.6 Å². The van der Waals surface area contributed by atoms with Crippen molar-refractivity contribution in [3.8, 4) is 11.5 Å². The SMILES string of the molecule is COc1ccc(NC(=O)O[C@H](c2ccc(OCCO[Si](CCC(F)(F)C(F)(F)C(F)(F)C(F)(F)C(F)(F)C(F)(F)C(F)(F)C(F)(F)F)(C(C)C)C(C)C)cc2)[C@H](C)/C(C)=C/C(C)=C/C(=O)NO)cc1. The fraction of sp³-hybridized carbons (Fsp3) is 0.571. The molecule has 69 heavy (non-hydrogen) atoms. The number of carbonyl (C=O) groups is 2. The number of ether oxygens (including phenoxy) is 3. The third kappa shape index (κ3) is 12.6. The van der Waals surface area contributed by atoms with Gasteiger partial charge in [0.25, 0.3) is 5.91 Å². The molecule has 3 N–H and O–H groups in total. The van der Waals surface area contributed by atoms with Crippen molar-refractivity contribution >= 4 is 26.0 Å². The summed E-state index contributed by atoms with van der Waals surface area (Å²) in [5.41, 5.74) is 1.40. The summed E-state index contributed by atoms with van der Waals surface area (Å²) in [6.45, 7) is 9.19. The number of allylic oxidation sites excluding steroid dienone is 2. The Bertz CT molecular complexity index is 2090. The maximum Gasteiger partial charge on any atom is 0.460 e. The molecule has 0 bridgehead atoms. The first-order chi connectivity index (χ1) is 31.3. The van der Waals surface area contributed by atoms with Gasteiger partial charge in [0.15, 0.2) is 8.32 Å². The number of amides is 2. The Kier molecular flexibility index (Phi) is 19.3. The van der Waals surface area contributed by atoms with Crippen LogP contribution in [0.15, 0.2) is 71.8 Å². The highest BCUT2D eigenvalue weighted by Gasteiger charge is 2.95. The van der Waals surface area contributed by atoms with Crippen molar-refractivity contribution in [2.24, 2.45) is 5.92 Å². The van der Waals surface area contributed by atoms with Gasteiger partial charge in [-0.15, -0.1) is 0 Å². The number of hydrogen-bond donors (Lipinski definition) is 3. The maximum atomic E-state index is 15.0. The molecule has 0 aliphatic rings. The van der Waals surface area contributed by atoms with E-state index in [1.54, 1.807) is 51.1 Å². The smallest absolute Gasteiger partial charge is 0.460 e. The highest BCUT2D eigenvalue weighted by Crippen LogP contribution is 2.64. The van der Waals surface area contributed by atoms with Crippen LogP contribution in [-0.2, 0) is 14.0 Å². The third-order valence-electron chi connectivity index (χ3n) is 11.2. The van der Waals surface area contributed by atoms with E-state index in [4.69, 9.17) is 23.8 Å². The molecule has 27 heteroatoms. The Morgan fingerprint density at radius 2 is 1.12 bits per heavy atom. The predicted octanol–water partition coefficient (Wildman–Crippen LogP) is 13.6. The number of anilines is 1. The van der Waals surface area contributed by atoms with E-state index in [1.165, 1.54) is 64.6 Å². The van der Waals surface area contributed by atoms with Crippen LogP contribution in [0.25, 0.3) is 0 Å². The average molecular weight is 1040 g/mol. The van der Waals surface area contributed by atoms with Crippen molar-refractivity contribution in [1.82, 2.24) is 5.48 Å². The van der Waals surface area contributed by atoms with E-state index >= 15 is 8.78 Å². The molecule has 0 aliphatic heterocycles. The van der Waals surface area contributed by atoms with Crippen molar-refractivity contribution in [3.05, 3.63) is 77.4 Å². The lowest BCUT2D eigenvalue weighted by Gasteiger charge is -2.44. The first kappa shape index (κ1) is 60.3. The van der Waals surface area contributed by atoms with Gasteiger partial charge in [-0.3, -0.25) is 15.3 Å². The fourth-order valence-corrected chi connectivity index (χ4v) is 11.4. The highest BCUT2D eigenvalue weighted by atomic mass is 28.4. The molecule has 0 aromatic heterocycles. The summed E-state index contributed by atoms with van der Waals surface area (Å²) in [6, 6.07) is 10.6. The topological polar surface area (TPSA) is 115 Å². The summed E-state index contributed by atoms with van der Waals surface area (Å²) in [5.74, 6) is -57.7. The lowest BCUT2D eigenvalue weighted by atomic mass is 9.88. The zero-order chi connectivity index (χ0) is 53.6. The Morgan fingerprint density at radius 1 is 0.652 bits per heavy atom.